The SMILES string of the molecule is NCCN(CCc1ccccc1)C(=O)C1CCS(=O)(=O)CC1. The molecule has 1 aromatic rings. The molecule has 0 bridgehead atoms. The van der Waals surface area contributed by atoms with Gasteiger partial charge in [0.25, 0.3) is 0 Å². The molecule has 1 fully saturated rings. The first-order valence-corrected chi connectivity index (χ1v) is 9.57. The second-order valence-corrected chi connectivity index (χ2v) is 8.08. The molecule has 0 atom stereocenters. The summed E-state index contributed by atoms with van der Waals surface area (Å²) in [5.41, 5.74) is 6.80. The normalized spacial score (nSPS) is 18.0. The number of sulfone groups is 1. The first kappa shape index (κ1) is 17.0. The number of carbonyl (C=O) groups is 1. The summed E-state index contributed by atoms with van der Waals surface area (Å²) in [7, 11) is -2.94. The molecule has 1 amide bonds. The second-order valence-electron chi connectivity index (χ2n) is 5.78. The van der Waals surface area contributed by atoms with E-state index in [4.69, 9.17) is 5.73 Å². The lowest BCUT2D eigenvalue weighted by Crippen LogP contribution is -2.43. The van der Waals surface area contributed by atoms with Gasteiger partial charge >= 0.3 is 0 Å². The molecule has 0 aliphatic carbocycles. The highest BCUT2D eigenvalue weighted by Crippen LogP contribution is 2.21. The van der Waals surface area contributed by atoms with E-state index in [1.54, 1.807) is 4.90 Å². The summed E-state index contributed by atoms with van der Waals surface area (Å²) in [6, 6.07) is 10.0. The highest BCUT2D eigenvalue weighted by Gasteiger charge is 2.30. The van der Waals surface area contributed by atoms with E-state index in [1.807, 2.05) is 30.3 Å². The van der Waals surface area contributed by atoms with E-state index >= 15 is 0 Å². The van der Waals surface area contributed by atoms with E-state index in [1.165, 1.54) is 5.56 Å². The van der Waals surface area contributed by atoms with Crippen LogP contribution >= 0.6 is 0 Å². The van der Waals surface area contributed by atoms with Gasteiger partial charge in [0.1, 0.15) is 9.84 Å². The average molecular weight is 324 g/mol. The molecule has 6 heteroatoms. The topological polar surface area (TPSA) is 80.5 Å². The molecule has 1 aliphatic rings. The summed E-state index contributed by atoms with van der Waals surface area (Å²) in [6.07, 6.45) is 1.67. The number of hydrogen-bond acceptors (Lipinski definition) is 4. The van der Waals surface area contributed by atoms with Crippen LogP contribution in [-0.4, -0.2) is 50.4 Å². The van der Waals surface area contributed by atoms with Crippen molar-refractivity contribution in [1.29, 1.82) is 0 Å². The van der Waals surface area contributed by atoms with E-state index in [2.05, 4.69) is 0 Å². The van der Waals surface area contributed by atoms with E-state index in [9.17, 15) is 13.2 Å². The Morgan fingerprint density at radius 1 is 1.14 bits per heavy atom. The van der Waals surface area contributed by atoms with Crippen LogP contribution in [0.25, 0.3) is 0 Å². The zero-order chi connectivity index (χ0) is 16.0. The number of nitrogens with zero attached hydrogens (tertiary/aromatic N) is 1. The van der Waals surface area contributed by atoms with Gasteiger partial charge in [0.2, 0.25) is 5.91 Å². The Bertz CT molecular complexity index is 573. The van der Waals surface area contributed by atoms with Crippen molar-refractivity contribution in [2.75, 3.05) is 31.1 Å². The van der Waals surface area contributed by atoms with Gasteiger partial charge in [-0.2, -0.15) is 0 Å². The summed E-state index contributed by atoms with van der Waals surface area (Å²) in [5.74, 6) is 0.124. The smallest absolute Gasteiger partial charge is 0.225 e. The maximum Gasteiger partial charge on any atom is 0.225 e. The van der Waals surface area contributed by atoms with Gasteiger partial charge in [-0.15, -0.1) is 0 Å². The second kappa shape index (κ2) is 7.74. The van der Waals surface area contributed by atoms with E-state index in [0.29, 0.717) is 32.5 Å². The quantitative estimate of drug-likeness (QED) is 0.841. The summed E-state index contributed by atoms with van der Waals surface area (Å²) in [6.45, 7) is 1.57. The largest absolute Gasteiger partial charge is 0.341 e. The molecule has 0 saturated carbocycles. The van der Waals surface area contributed by atoms with Crippen LogP contribution in [0.4, 0.5) is 0 Å². The monoisotopic (exact) mass is 324 g/mol. The lowest BCUT2D eigenvalue weighted by atomic mass is 10.0. The summed E-state index contributed by atoms with van der Waals surface area (Å²) in [5, 5.41) is 0. The van der Waals surface area contributed by atoms with Crippen LogP contribution in [0.2, 0.25) is 0 Å². The van der Waals surface area contributed by atoms with Crippen molar-refractivity contribution in [3.63, 3.8) is 0 Å². The summed E-state index contributed by atoms with van der Waals surface area (Å²) in [4.78, 5) is 14.4. The Morgan fingerprint density at radius 3 is 2.36 bits per heavy atom. The van der Waals surface area contributed by atoms with Gasteiger partial charge in [0, 0.05) is 25.6 Å². The molecule has 0 aromatic heterocycles. The van der Waals surface area contributed by atoms with Gasteiger partial charge in [-0.25, -0.2) is 8.42 Å². The fourth-order valence-electron chi connectivity index (χ4n) is 2.79. The number of nitrogens with two attached hydrogens (primary N) is 1. The fraction of sp³-hybridized carbons (Fsp3) is 0.562. The molecule has 2 N–H and O–H groups in total. The van der Waals surface area contributed by atoms with Crippen molar-refractivity contribution < 1.29 is 13.2 Å². The lowest BCUT2D eigenvalue weighted by Gasteiger charge is -2.29. The maximum atomic E-state index is 12.6. The first-order chi connectivity index (χ1) is 10.5. The van der Waals surface area contributed by atoms with E-state index in [0.717, 1.165) is 6.42 Å². The number of benzene rings is 1. The van der Waals surface area contributed by atoms with Crippen molar-refractivity contribution in [2.24, 2.45) is 11.7 Å². The van der Waals surface area contributed by atoms with Crippen molar-refractivity contribution in [3.8, 4) is 0 Å². The van der Waals surface area contributed by atoms with Gasteiger partial charge in [-0.05, 0) is 24.8 Å². The number of rotatable bonds is 6. The molecular formula is C16H24N2O3S. The van der Waals surface area contributed by atoms with Gasteiger partial charge < -0.3 is 10.6 Å². The van der Waals surface area contributed by atoms with Gasteiger partial charge in [-0.1, -0.05) is 30.3 Å². The van der Waals surface area contributed by atoms with Crippen molar-refractivity contribution >= 4 is 15.7 Å². The molecule has 2 rings (SSSR count). The molecule has 1 saturated heterocycles. The highest BCUT2D eigenvalue weighted by molar-refractivity contribution is 7.91. The predicted molar refractivity (Wildman–Crippen MR) is 87.2 cm³/mol. The Balaban J connectivity index is 1.93. The van der Waals surface area contributed by atoms with Gasteiger partial charge in [-0.3, -0.25) is 4.79 Å². The molecular weight excluding hydrogens is 300 g/mol. The van der Waals surface area contributed by atoms with Crippen LogP contribution in [-0.2, 0) is 21.1 Å². The van der Waals surface area contributed by atoms with Crippen LogP contribution in [0.5, 0.6) is 0 Å². The number of hydrogen-bond donors (Lipinski definition) is 1. The van der Waals surface area contributed by atoms with Crippen LogP contribution in [0.1, 0.15) is 18.4 Å². The maximum absolute atomic E-state index is 12.6. The third-order valence-electron chi connectivity index (χ3n) is 4.13. The van der Waals surface area contributed by atoms with Crippen LogP contribution in [0, 0.1) is 5.92 Å². The third kappa shape index (κ3) is 4.81. The van der Waals surface area contributed by atoms with Crippen molar-refractivity contribution in [1.82, 2.24) is 4.90 Å². The average Bonchev–Trinajstić information content (AvgIpc) is 2.52. The summed E-state index contributed by atoms with van der Waals surface area (Å²) < 4.78 is 23.0. The Kier molecular flexibility index (Phi) is 5.97. The molecule has 5 nitrogen and oxygen atoms in total. The fourth-order valence-corrected chi connectivity index (χ4v) is 4.28. The predicted octanol–water partition coefficient (Wildman–Crippen LogP) is 0.841. The number of carbonyl (C=O) groups excluding carboxylic acids is 1. The zero-order valence-corrected chi connectivity index (χ0v) is 13.6. The van der Waals surface area contributed by atoms with Gasteiger partial charge in [0.05, 0.1) is 11.5 Å². The molecule has 1 aromatic carbocycles. The zero-order valence-electron chi connectivity index (χ0n) is 12.8. The molecule has 0 unspecified atom stereocenters. The minimum Gasteiger partial charge on any atom is -0.341 e. The third-order valence-corrected chi connectivity index (χ3v) is 5.84. The van der Waals surface area contributed by atoms with Gasteiger partial charge in [0.15, 0.2) is 0 Å². The molecule has 1 heterocycles. The lowest BCUT2D eigenvalue weighted by molar-refractivity contribution is -0.135. The molecule has 0 spiro atoms. The standard InChI is InChI=1S/C16H24N2O3S/c17-9-11-18(10-6-14-4-2-1-3-5-14)16(19)15-7-12-22(20,21)13-8-15/h1-5,15H,6-13,17H2. The molecule has 1 aliphatic heterocycles. The molecule has 122 valence electrons. The van der Waals surface area contributed by atoms with E-state index < -0.39 is 9.84 Å². The Hall–Kier alpha value is -1.40. The minimum absolute atomic E-state index is 0.0521. The van der Waals surface area contributed by atoms with Crippen LogP contribution in [0.3, 0.4) is 0 Å². The summed E-state index contributed by atoms with van der Waals surface area (Å²) >= 11 is 0. The molecule has 0 radical (unpaired) electrons. The first-order valence-electron chi connectivity index (χ1n) is 7.75. The highest BCUT2D eigenvalue weighted by atomic mass is 32.2. The minimum atomic E-state index is -2.94. The van der Waals surface area contributed by atoms with Crippen LogP contribution < -0.4 is 5.73 Å². The Morgan fingerprint density at radius 2 is 1.77 bits per heavy atom. The molecule has 22 heavy (non-hydrogen) atoms. The van der Waals surface area contributed by atoms with E-state index in [-0.39, 0.29) is 23.3 Å². The van der Waals surface area contributed by atoms with Crippen LogP contribution in [0.15, 0.2) is 30.3 Å². The van der Waals surface area contributed by atoms with Crippen molar-refractivity contribution in [3.05, 3.63) is 35.9 Å². The Labute approximate surface area is 132 Å². The van der Waals surface area contributed by atoms with Crippen molar-refractivity contribution in [2.45, 2.75) is 19.3 Å². The number of amides is 1.